The Morgan fingerprint density at radius 3 is 2.21 bits per heavy atom. The van der Waals surface area contributed by atoms with Gasteiger partial charge in [-0.1, -0.05) is 12.1 Å². The summed E-state index contributed by atoms with van der Waals surface area (Å²) in [4.78, 5) is 33.2. The topological polar surface area (TPSA) is 53.5 Å². The monoisotopic (exact) mass is 451 g/mol. The third-order valence-electron chi connectivity index (χ3n) is 5.46. The van der Waals surface area contributed by atoms with Gasteiger partial charge < -0.3 is 4.90 Å². The van der Waals surface area contributed by atoms with Crippen molar-refractivity contribution in [1.82, 2.24) is 9.88 Å². The third kappa shape index (κ3) is 4.37. The molecule has 0 spiro atoms. The van der Waals surface area contributed by atoms with Crippen LogP contribution in [0.3, 0.4) is 0 Å². The van der Waals surface area contributed by atoms with Crippen LogP contribution in [0.1, 0.15) is 18.1 Å². The number of hydrogen-bond acceptors (Lipinski definition) is 4. The van der Waals surface area contributed by atoms with E-state index >= 15 is 0 Å². The molecule has 1 aliphatic heterocycles. The second-order valence-corrected chi connectivity index (χ2v) is 7.46. The minimum atomic E-state index is -0.905. The molecular weight excluding hydrogens is 431 g/mol. The first-order chi connectivity index (χ1) is 15.9. The molecule has 0 unspecified atom stereocenters. The second-order valence-electron chi connectivity index (χ2n) is 7.46. The fourth-order valence-electron chi connectivity index (χ4n) is 3.81. The molecule has 0 radical (unpaired) electrons. The van der Waals surface area contributed by atoms with Crippen LogP contribution in [0.25, 0.3) is 5.57 Å². The van der Waals surface area contributed by atoms with E-state index in [1.807, 2.05) is 19.1 Å². The van der Waals surface area contributed by atoms with Crippen LogP contribution in [0.4, 0.5) is 18.9 Å². The fourth-order valence-corrected chi connectivity index (χ4v) is 3.81. The van der Waals surface area contributed by atoms with Gasteiger partial charge in [-0.3, -0.25) is 14.6 Å². The normalized spacial score (nSPS) is 13.8. The van der Waals surface area contributed by atoms with Gasteiger partial charge >= 0.3 is 0 Å². The van der Waals surface area contributed by atoms with Crippen LogP contribution < -0.4 is 4.90 Å². The van der Waals surface area contributed by atoms with E-state index in [1.54, 1.807) is 17.3 Å². The smallest absolute Gasteiger partial charge is 0.282 e. The Balaban J connectivity index is 1.79. The van der Waals surface area contributed by atoms with Gasteiger partial charge in [-0.05, 0) is 60.9 Å². The van der Waals surface area contributed by atoms with Gasteiger partial charge in [0.25, 0.3) is 11.8 Å². The van der Waals surface area contributed by atoms with E-state index in [1.165, 1.54) is 24.3 Å². The maximum absolute atomic E-state index is 14.5. The maximum atomic E-state index is 14.5. The van der Waals surface area contributed by atoms with Crippen molar-refractivity contribution in [1.29, 1.82) is 0 Å². The van der Waals surface area contributed by atoms with E-state index in [9.17, 15) is 22.8 Å². The molecule has 3 aromatic rings. The highest BCUT2D eigenvalue weighted by Gasteiger charge is 2.43. The zero-order valence-corrected chi connectivity index (χ0v) is 17.8. The molecular formula is C25H20F3N3O2. The summed E-state index contributed by atoms with van der Waals surface area (Å²) < 4.78 is 41.9. The molecule has 0 aliphatic carbocycles. The van der Waals surface area contributed by atoms with Crippen LogP contribution in [0.15, 0.2) is 72.7 Å². The summed E-state index contributed by atoms with van der Waals surface area (Å²) in [5, 5.41) is 0. The Morgan fingerprint density at radius 1 is 0.879 bits per heavy atom. The molecule has 2 amide bonds. The lowest BCUT2D eigenvalue weighted by Gasteiger charge is -2.25. The van der Waals surface area contributed by atoms with E-state index in [2.05, 4.69) is 4.98 Å². The van der Waals surface area contributed by atoms with Crippen LogP contribution in [0.5, 0.6) is 0 Å². The predicted molar refractivity (Wildman–Crippen MR) is 117 cm³/mol. The molecule has 2 aromatic carbocycles. The van der Waals surface area contributed by atoms with Gasteiger partial charge in [0.1, 0.15) is 23.1 Å². The van der Waals surface area contributed by atoms with Crippen LogP contribution >= 0.6 is 0 Å². The number of carbonyl (C=O) groups is 2. The Morgan fingerprint density at radius 2 is 1.55 bits per heavy atom. The fraction of sp³-hybridized carbons (Fsp3) is 0.160. The van der Waals surface area contributed by atoms with Gasteiger partial charge in [-0.2, -0.15) is 0 Å². The van der Waals surface area contributed by atoms with Crippen molar-refractivity contribution < 1.29 is 22.8 Å². The standard InChI is InChI=1S/C25H20F3N3O2/c1-2-30(14-11-16-9-12-29-13-10-16)23-22(17-3-5-18(26)6-4-17)24(32)31(25(23)33)21-15-19(27)7-8-20(21)28/h3-10,12-13,15H,2,11,14H2,1H3. The zero-order chi connectivity index (χ0) is 23.5. The SMILES string of the molecule is CCN(CCc1ccncc1)C1=C(c2ccc(F)cc2)C(=O)N(c2cc(F)ccc2F)C1=O. The number of carbonyl (C=O) groups excluding carboxylic acids is 2. The molecule has 0 saturated heterocycles. The molecule has 33 heavy (non-hydrogen) atoms. The van der Waals surface area contributed by atoms with E-state index in [0.717, 1.165) is 23.8 Å². The molecule has 0 saturated carbocycles. The number of likely N-dealkylation sites (N-methyl/N-ethyl adjacent to an activating group) is 1. The molecule has 5 nitrogen and oxygen atoms in total. The van der Waals surface area contributed by atoms with Crippen molar-refractivity contribution in [3.63, 3.8) is 0 Å². The number of rotatable bonds is 7. The van der Waals surface area contributed by atoms with Crippen molar-refractivity contribution in [3.8, 4) is 0 Å². The van der Waals surface area contributed by atoms with Crippen molar-refractivity contribution in [2.75, 3.05) is 18.0 Å². The molecule has 0 N–H and O–H groups in total. The highest BCUT2D eigenvalue weighted by molar-refractivity contribution is 6.45. The Bertz CT molecular complexity index is 1230. The van der Waals surface area contributed by atoms with Gasteiger partial charge in [-0.25, -0.2) is 18.1 Å². The van der Waals surface area contributed by atoms with Gasteiger partial charge in [-0.15, -0.1) is 0 Å². The molecule has 2 heterocycles. The summed E-state index contributed by atoms with van der Waals surface area (Å²) in [6, 6.07) is 11.4. The zero-order valence-electron chi connectivity index (χ0n) is 17.8. The summed E-state index contributed by atoms with van der Waals surface area (Å²) in [6.45, 7) is 2.59. The highest BCUT2D eigenvalue weighted by Crippen LogP contribution is 2.36. The Kier molecular flexibility index (Phi) is 6.26. The predicted octanol–water partition coefficient (Wildman–Crippen LogP) is 4.35. The lowest BCUT2D eigenvalue weighted by Crippen LogP contribution is -2.36. The first kappa shape index (κ1) is 22.3. The Labute approximate surface area is 188 Å². The van der Waals surface area contributed by atoms with Crippen molar-refractivity contribution in [2.45, 2.75) is 13.3 Å². The van der Waals surface area contributed by atoms with E-state index < -0.39 is 35.0 Å². The molecule has 1 aromatic heterocycles. The van der Waals surface area contributed by atoms with Gasteiger partial charge in [0.05, 0.1) is 11.3 Å². The molecule has 1 aliphatic rings. The van der Waals surface area contributed by atoms with Crippen molar-refractivity contribution in [2.24, 2.45) is 0 Å². The summed E-state index contributed by atoms with van der Waals surface area (Å²) in [5.41, 5.74) is 0.903. The van der Waals surface area contributed by atoms with Crippen LogP contribution in [-0.4, -0.2) is 34.8 Å². The number of hydrogen-bond donors (Lipinski definition) is 0. The second kappa shape index (κ2) is 9.28. The average molecular weight is 451 g/mol. The lowest BCUT2D eigenvalue weighted by molar-refractivity contribution is -0.120. The molecule has 168 valence electrons. The number of benzene rings is 2. The molecule has 8 heteroatoms. The average Bonchev–Trinajstić information content (AvgIpc) is 3.07. The molecule has 0 fully saturated rings. The first-order valence-electron chi connectivity index (χ1n) is 10.4. The molecule has 0 bridgehead atoms. The summed E-state index contributed by atoms with van der Waals surface area (Å²) >= 11 is 0. The largest absolute Gasteiger partial charge is 0.366 e. The summed E-state index contributed by atoms with van der Waals surface area (Å²) in [5.74, 6) is -3.75. The third-order valence-corrected chi connectivity index (χ3v) is 5.46. The van der Waals surface area contributed by atoms with Gasteiger partial charge in [0, 0.05) is 31.5 Å². The highest BCUT2D eigenvalue weighted by atomic mass is 19.1. The minimum absolute atomic E-state index is 0.0141. The van der Waals surface area contributed by atoms with E-state index in [0.29, 0.717) is 30.0 Å². The maximum Gasteiger partial charge on any atom is 0.282 e. The van der Waals surface area contributed by atoms with Crippen LogP contribution in [0, 0.1) is 17.5 Å². The number of pyridine rings is 1. The number of imide groups is 1. The van der Waals surface area contributed by atoms with Crippen LogP contribution in [-0.2, 0) is 16.0 Å². The van der Waals surface area contributed by atoms with Crippen LogP contribution in [0.2, 0.25) is 0 Å². The van der Waals surface area contributed by atoms with E-state index in [-0.39, 0.29) is 11.3 Å². The Hall–Kier alpha value is -3.94. The quantitative estimate of drug-likeness (QED) is 0.502. The van der Waals surface area contributed by atoms with E-state index in [4.69, 9.17) is 0 Å². The van der Waals surface area contributed by atoms with Gasteiger partial charge in [0.2, 0.25) is 0 Å². The molecule has 0 atom stereocenters. The summed E-state index contributed by atoms with van der Waals surface area (Å²) in [6.07, 6.45) is 3.88. The number of nitrogens with zero attached hydrogens (tertiary/aromatic N) is 3. The number of anilines is 1. The lowest BCUT2D eigenvalue weighted by atomic mass is 10.0. The number of aromatic nitrogens is 1. The van der Waals surface area contributed by atoms with Crippen molar-refractivity contribution in [3.05, 3.63) is 101 Å². The first-order valence-corrected chi connectivity index (χ1v) is 10.4. The number of halogens is 3. The van der Waals surface area contributed by atoms with Gasteiger partial charge in [0.15, 0.2) is 0 Å². The summed E-state index contributed by atoms with van der Waals surface area (Å²) in [7, 11) is 0. The minimum Gasteiger partial charge on any atom is -0.366 e. The van der Waals surface area contributed by atoms with Crippen molar-refractivity contribution >= 4 is 23.1 Å². The number of amides is 2. The molecule has 4 rings (SSSR count).